The van der Waals surface area contributed by atoms with Crippen LogP contribution in [0.25, 0.3) is 0 Å². The van der Waals surface area contributed by atoms with Crippen molar-refractivity contribution in [1.82, 2.24) is 78.5 Å². The highest BCUT2D eigenvalue weighted by atomic mass is 31.2. The number of esters is 1. The van der Waals surface area contributed by atoms with Gasteiger partial charge in [0.25, 0.3) is 0 Å². The van der Waals surface area contributed by atoms with E-state index in [0.29, 0.717) is 51.0 Å². The van der Waals surface area contributed by atoms with E-state index in [1.54, 1.807) is 89.7 Å². The van der Waals surface area contributed by atoms with Crippen LogP contribution in [0.2, 0.25) is 0 Å². The van der Waals surface area contributed by atoms with Crippen LogP contribution in [0, 0.1) is 21.7 Å². The quantitative estimate of drug-likeness (QED) is 0.0132. The summed E-state index contributed by atoms with van der Waals surface area (Å²) in [4.78, 5) is 124. The molecular formula is C71H153N15O30P6. The van der Waals surface area contributed by atoms with Crippen LogP contribution >= 0.6 is 45.3 Å². The van der Waals surface area contributed by atoms with Crippen molar-refractivity contribution >= 4 is 93.4 Å². The van der Waals surface area contributed by atoms with E-state index in [1.807, 2.05) is 104 Å². The van der Waals surface area contributed by atoms with Crippen molar-refractivity contribution in [3.63, 3.8) is 0 Å². The Balaban J connectivity index is -0.000000248. The second-order valence-electron chi connectivity index (χ2n) is 34.0. The molecule has 51 heteroatoms. The number of tetrazole rings is 2. The molecule has 0 fully saturated rings. The number of aryl methyl sites for hydroxylation is 1. The number of hydrogen-bond donors (Lipinski definition) is 13. The Labute approximate surface area is 723 Å². The molecule has 0 aliphatic carbocycles. The van der Waals surface area contributed by atoms with Gasteiger partial charge in [0.2, 0.25) is 25.1 Å². The monoisotopic (exact) mass is 1880 g/mol. The number of H-pyrrole nitrogens is 2. The average Bonchev–Trinajstić information content (AvgIpc) is 0.961. The number of nitrogens with zero attached hydrogens (tertiary/aromatic N) is 6. The largest absolute Gasteiger partial charge is 0.465 e. The molecule has 722 valence electrons. The van der Waals surface area contributed by atoms with Crippen LogP contribution in [0.15, 0.2) is 0 Å². The zero-order chi connectivity index (χ0) is 96.0. The van der Waals surface area contributed by atoms with Gasteiger partial charge in [0, 0.05) is 106 Å². The van der Waals surface area contributed by atoms with Crippen molar-refractivity contribution in [2.45, 2.75) is 236 Å². The van der Waals surface area contributed by atoms with E-state index >= 15 is 0 Å². The lowest BCUT2D eigenvalue weighted by molar-refractivity contribution is -0.152. The maximum Gasteiger partial charge on any atom is 0.407 e. The molecule has 2 aromatic heterocycles. The van der Waals surface area contributed by atoms with Crippen molar-refractivity contribution < 1.29 is 141 Å². The molecule has 13 N–H and O–H groups in total. The third-order valence-corrected chi connectivity index (χ3v) is 22.0. The highest BCUT2D eigenvalue weighted by Crippen LogP contribution is 2.48. The number of ether oxygens (including phenoxy) is 5. The number of aromatic amines is 2. The van der Waals surface area contributed by atoms with Crippen LogP contribution in [-0.2, 0) is 115 Å². The predicted molar refractivity (Wildman–Crippen MR) is 464 cm³/mol. The van der Waals surface area contributed by atoms with Gasteiger partial charge in [-0.05, 0) is 131 Å². The first-order valence-electron chi connectivity index (χ1n) is 38.4. The summed E-state index contributed by atoms with van der Waals surface area (Å²) < 4.78 is 126. The van der Waals surface area contributed by atoms with Crippen molar-refractivity contribution in [3.05, 3.63) is 11.6 Å². The second kappa shape index (κ2) is 62.2. The first-order valence-corrected chi connectivity index (χ1v) is 49.5. The van der Waals surface area contributed by atoms with Gasteiger partial charge in [-0.3, -0.25) is 46.6 Å². The molecule has 0 aromatic carbocycles. The van der Waals surface area contributed by atoms with Crippen LogP contribution < -0.4 is 37.2 Å². The predicted octanol–water partition coefficient (Wildman–Crippen LogP) is 11.1. The zero-order valence-corrected chi connectivity index (χ0v) is 82.8. The number of carbonyl (C=O) groups excluding carboxylic acids is 8. The van der Waals surface area contributed by atoms with E-state index in [0.717, 1.165) is 12.8 Å². The number of amides is 7. The van der Waals surface area contributed by atoms with E-state index in [4.69, 9.17) is 70.2 Å². The van der Waals surface area contributed by atoms with E-state index in [1.165, 1.54) is 28.4 Å². The lowest BCUT2D eigenvalue weighted by Crippen LogP contribution is -2.41. The van der Waals surface area contributed by atoms with Gasteiger partial charge in [-0.2, -0.15) is 10.4 Å². The van der Waals surface area contributed by atoms with E-state index in [9.17, 15) is 65.7 Å². The molecule has 0 aliphatic rings. The fourth-order valence-electron chi connectivity index (χ4n) is 6.74. The number of rotatable bonds is 35. The van der Waals surface area contributed by atoms with Gasteiger partial charge in [0.1, 0.15) is 33.0 Å². The van der Waals surface area contributed by atoms with Crippen molar-refractivity contribution in [2.75, 3.05) is 145 Å². The molecule has 7 amide bonds. The molecule has 2 rings (SSSR count). The van der Waals surface area contributed by atoms with Gasteiger partial charge in [0.05, 0.1) is 62.2 Å². The second-order valence-corrected chi connectivity index (χ2v) is 47.2. The van der Waals surface area contributed by atoms with Gasteiger partial charge >= 0.3 is 68.3 Å². The summed E-state index contributed by atoms with van der Waals surface area (Å²) in [5, 5.41) is 45.1. The molecule has 0 bridgehead atoms. The van der Waals surface area contributed by atoms with E-state index in [2.05, 4.69) is 83.2 Å². The van der Waals surface area contributed by atoms with Crippen LogP contribution in [0.4, 0.5) is 19.2 Å². The van der Waals surface area contributed by atoms with Crippen molar-refractivity contribution in [2.24, 2.45) is 21.7 Å². The maximum atomic E-state index is 12.0. The highest BCUT2D eigenvalue weighted by Gasteiger charge is 2.30. The number of hydrogen-bond acceptors (Lipinski definition) is 32. The average molecular weight is 1880 g/mol. The Morgan fingerprint density at radius 3 is 0.926 bits per heavy atom. The molecule has 0 saturated heterocycles. The minimum Gasteiger partial charge on any atom is -0.465 e. The fraction of sp³-hybridized carbons (Fsp3) is 0.859. The Morgan fingerprint density at radius 1 is 0.361 bits per heavy atom. The van der Waals surface area contributed by atoms with Crippen LogP contribution in [0.5, 0.6) is 0 Å². The Bertz CT molecular complexity index is 3510. The molecular weight excluding hydrogens is 1730 g/mol. The summed E-state index contributed by atoms with van der Waals surface area (Å²) >= 11 is 0. The van der Waals surface area contributed by atoms with Gasteiger partial charge in [-0.15, -0.1) is 20.4 Å². The molecule has 0 spiro atoms. The lowest BCUT2D eigenvalue weighted by atomic mass is 9.96. The first kappa shape index (κ1) is 129. The Kier molecular flexibility index (Phi) is 65.9. The van der Waals surface area contributed by atoms with Crippen LogP contribution in [0.1, 0.15) is 212 Å². The molecule has 0 aliphatic heterocycles. The van der Waals surface area contributed by atoms with Crippen molar-refractivity contribution in [3.8, 4) is 0 Å². The van der Waals surface area contributed by atoms with Crippen LogP contribution in [0.3, 0.4) is 0 Å². The third-order valence-electron chi connectivity index (χ3n) is 12.8. The van der Waals surface area contributed by atoms with Gasteiger partial charge in [0.15, 0.2) is 11.6 Å². The molecule has 45 nitrogen and oxygen atoms in total. The number of aromatic nitrogens is 8. The normalized spacial score (nSPS) is 12.5. The molecule has 0 saturated carbocycles. The first-order chi connectivity index (χ1) is 54.6. The summed E-state index contributed by atoms with van der Waals surface area (Å²) in [6.07, 6.45) is -0.364. The third kappa shape index (κ3) is 84.9. The SMILES string of the molecule is C.CC(C)(C)C(=O)NCCCc1nn[nH]n1.CC(C)(C)C(=O)NCCP(=O)(O)O.CC(C)(C)NC(=O)OCCP(=O)(O)O.CC(C)(C)NC(=O)OCCc1nn[nH]n1.CCOP(=O)(CCNC(=O)C(C)(C)C)OCC.CCOP(C)(=O)CCOC(=O)NC(C)(C)C.COP(=O)(CCOC(=O)C(C)(C)C)OC.COP(=O)(CCOC(=O)NC(C)(C)C)OC. The Hall–Kier alpha value is -5.96. The Morgan fingerprint density at radius 2 is 0.648 bits per heavy atom. The fourth-order valence-corrected chi connectivity index (χ4v) is 11.7. The van der Waals surface area contributed by atoms with Gasteiger partial charge in [-0.25, -0.2) is 19.2 Å². The topological polar surface area (TPSA) is 624 Å². The summed E-state index contributed by atoms with van der Waals surface area (Å²) in [6.45, 7) is 52.6. The molecule has 2 heterocycles. The lowest BCUT2D eigenvalue weighted by Gasteiger charge is -2.20. The number of alkyl carbamates (subject to hydrolysis) is 4. The van der Waals surface area contributed by atoms with Crippen LogP contribution in [-0.4, -0.2) is 276 Å². The summed E-state index contributed by atoms with van der Waals surface area (Å²) in [6, 6.07) is 0. The molecule has 2 aromatic rings. The molecule has 0 radical (unpaired) electrons. The van der Waals surface area contributed by atoms with Gasteiger partial charge < -0.3 is 112 Å². The molecule has 1 unspecified atom stereocenters. The summed E-state index contributed by atoms with van der Waals surface area (Å²) in [7, 11) is -14.7. The van der Waals surface area contributed by atoms with E-state index < -0.39 is 97.7 Å². The summed E-state index contributed by atoms with van der Waals surface area (Å²) in [5.41, 5.74) is -3.23. The van der Waals surface area contributed by atoms with E-state index in [-0.39, 0.29) is 124 Å². The number of carbonyl (C=O) groups is 8. The maximum absolute atomic E-state index is 12.0. The molecule has 122 heavy (non-hydrogen) atoms. The molecule has 1 atom stereocenters. The highest BCUT2D eigenvalue weighted by molar-refractivity contribution is 7.58. The minimum atomic E-state index is -4.08. The minimum absolute atomic E-state index is 0. The smallest absolute Gasteiger partial charge is 0.407 e. The zero-order valence-electron chi connectivity index (χ0n) is 77.4. The summed E-state index contributed by atoms with van der Waals surface area (Å²) in [5.74, 6) is 0.661. The standard InChI is InChI=1S/C11H24NO4P.C10H22NO4P.C9H17N5O.C9H20NO5P.C9H19O5P.C8H15N5O2.C7H16NO5P.C7H16NO4P.CH4/c1-6-15-17(14,16-7-2)9-8-12-10(13)11(3,4)5;1-6-15-16(5,13)8-7-14-9(12)11-10(2,3)4;1-9(2,3)8(15)10-6-4-5-7-11-13-14-12-7;1-9(2,3)10-8(11)15-6-7-16(12,13-4)14-5;1-9(2,3)8(10)14-6-7-15(11,12-4)13-5;1-8(2,3)9-7(14)15-5-4-6-10-12-13-11-6;1-7(2,3)8-6(9)13-4-5-14(10,11)12;1-7(2,3)6(9)8-4-5-13(10,11)12;/h6-9H2,1-5H3,(H,12,13);6-8H2,1-5H3,(H,11,12);4-6H2,1-3H3,(H,10,15)(H,11,12,13,14);6-7H2,1-5H3,(H,10,11);6-7H2,1-5H3;4-5H2,1-3H3,(H,9,14)(H,10,11,12,13);4-5H2,1-3H3,(H,8,9)(H2,10,11,12);4-5H2,1-3H3,(H,8,9)(H2,10,11,12);1H4. The van der Waals surface area contributed by atoms with Crippen molar-refractivity contribution in [1.29, 1.82) is 0 Å². The van der Waals surface area contributed by atoms with Gasteiger partial charge in [-0.1, -0.05) is 80.2 Å². The number of nitrogens with one attached hydrogen (secondary N) is 9.